The third-order valence-electron chi connectivity index (χ3n) is 20.3. The van der Waals surface area contributed by atoms with Crippen LogP contribution in [0.2, 0.25) is 0 Å². The molecular weight excluding hydrogens is 1010 g/mol. The van der Waals surface area contributed by atoms with Crippen LogP contribution in [0.5, 0.6) is 0 Å². The van der Waals surface area contributed by atoms with Crippen molar-refractivity contribution in [2.75, 3.05) is 0 Å². The van der Waals surface area contributed by atoms with Crippen LogP contribution in [0.4, 0.5) is 0 Å². The van der Waals surface area contributed by atoms with Crippen molar-refractivity contribution in [1.82, 2.24) is 0 Å². The molecule has 84 heavy (non-hydrogen) atoms. The van der Waals surface area contributed by atoms with Crippen molar-refractivity contribution in [3.63, 3.8) is 0 Å². The molecule has 0 spiro atoms. The van der Waals surface area contributed by atoms with E-state index in [2.05, 4.69) is 310 Å². The molecular formula is C84H66. The molecule has 0 N–H and O–H groups in total. The van der Waals surface area contributed by atoms with Crippen molar-refractivity contribution in [2.45, 2.75) is 77.0 Å². The summed E-state index contributed by atoms with van der Waals surface area (Å²) >= 11 is 0. The van der Waals surface area contributed by atoms with E-state index in [1.165, 1.54) is 167 Å². The van der Waals surface area contributed by atoms with Gasteiger partial charge in [0.25, 0.3) is 0 Å². The fourth-order valence-corrected chi connectivity index (χ4v) is 15.4. The maximum atomic E-state index is 2.48. The Balaban J connectivity index is 0.653. The second kappa shape index (κ2) is 18.1. The van der Waals surface area contributed by atoms with E-state index in [4.69, 9.17) is 0 Å². The molecule has 4 aliphatic rings. The summed E-state index contributed by atoms with van der Waals surface area (Å²) in [7, 11) is 0. The van der Waals surface area contributed by atoms with Gasteiger partial charge in [0, 0.05) is 21.7 Å². The molecule has 0 saturated heterocycles. The van der Waals surface area contributed by atoms with E-state index in [0.29, 0.717) is 0 Å². The van der Waals surface area contributed by atoms with Crippen LogP contribution >= 0.6 is 0 Å². The molecule has 4 aliphatic carbocycles. The van der Waals surface area contributed by atoms with E-state index in [1.807, 2.05) is 0 Å². The van der Waals surface area contributed by atoms with Gasteiger partial charge in [-0.2, -0.15) is 0 Å². The van der Waals surface area contributed by atoms with Crippen LogP contribution in [0.3, 0.4) is 0 Å². The molecule has 0 amide bonds. The van der Waals surface area contributed by atoms with Crippen molar-refractivity contribution >= 4 is 0 Å². The molecule has 0 radical (unpaired) electrons. The standard InChI is InChI=1S/C84H66/c1-81(2)73-43-57(51-17-11-9-12-18-51)25-33-65(73)67-35-27-59(45-75(67)81)53-21-15-23-55(41-53)61-29-37-69-71-39-31-63(49-79(71)83(5,6)77(69)47-61)64-32-40-72-70-38-30-62(48-78(70)84(7,8)80(72)50-64)56-24-16-22-54(42-56)60-28-36-68-66-34-26-58(52-19-13-10-14-20-52)44-74(66)82(3,4)76(68)46-60/h9-50H,1-8H3. The predicted molar refractivity (Wildman–Crippen MR) is 355 cm³/mol. The van der Waals surface area contributed by atoms with Crippen LogP contribution in [-0.2, 0) is 21.7 Å². The summed E-state index contributed by atoms with van der Waals surface area (Å²) in [6, 6.07) is 96.9. The molecule has 12 aromatic rings. The highest BCUT2D eigenvalue weighted by Gasteiger charge is 2.40. The van der Waals surface area contributed by atoms with Crippen molar-refractivity contribution in [2.24, 2.45) is 0 Å². The van der Waals surface area contributed by atoms with Crippen LogP contribution in [0.25, 0.3) is 122 Å². The lowest BCUT2D eigenvalue weighted by atomic mass is 9.79. The molecule has 0 bridgehead atoms. The predicted octanol–water partition coefficient (Wildman–Crippen LogP) is 22.6. The summed E-state index contributed by atoms with van der Waals surface area (Å²) in [4.78, 5) is 0. The number of fused-ring (bicyclic) bond motifs is 12. The summed E-state index contributed by atoms with van der Waals surface area (Å²) in [6.45, 7) is 19.2. The maximum absolute atomic E-state index is 2.48. The zero-order chi connectivity index (χ0) is 57.0. The lowest BCUT2D eigenvalue weighted by Gasteiger charge is -2.24. The monoisotopic (exact) mass is 1070 g/mol. The van der Waals surface area contributed by atoms with Gasteiger partial charge in [-0.3, -0.25) is 0 Å². The topological polar surface area (TPSA) is 0 Å². The lowest BCUT2D eigenvalue weighted by molar-refractivity contribution is 0.660. The van der Waals surface area contributed by atoms with E-state index in [9.17, 15) is 0 Å². The summed E-state index contributed by atoms with van der Waals surface area (Å²) in [5, 5.41) is 0. The average Bonchev–Trinajstić information content (AvgIpc) is 2.19. The highest BCUT2D eigenvalue weighted by molar-refractivity contribution is 5.92. The van der Waals surface area contributed by atoms with Crippen LogP contribution in [0.15, 0.2) is 255 Å². The van der Waals surface area contributed by atoms with E-state index >= 15 is 0 Å². The van der Waals surface area contributed by atoms with Gasteiger partial charge in [0.15, 0.2) is 0 Å². The van der Waals surface area contributed by atoms with Gasteiger partial charge in [-0.25, -0.2) is 0 Å². The van der Waals surface area contributed by atoms with Crippen molar-refractivity contribution in [1.29, 1.82) is 0 Å². The normalized spacial score (nSPS) is 15.3. The third-order valence-corrected chi connectivity index (χ3v) is 20.3. The Hall–Kier alpha value is -9.36. The number of rotatable bonds is 7. The molecule has 0 heterocycles. The van der Waals surface area contributed by atoms with Crippen molar-refractivity contribution < 1.29 is 0 Å². The summed E-state index contributed by atoms with van der Waals surface area (Å²) in [5.41, 5.74) is 38.9. The molecule has 16 rings (SSSR count). The van der Waals surface area contributed by atoms with Gasteiger partial charge in [0.2, 0.25) is 0 Å². The minimum absolute atomic E-state index is 0.111. The summed E-state index contributed by atoms with van der Waals surface area (Å²) < 4.78 is 0. The number of benzene rings is 12. The van der Waals surface area contributed by atoms with E-state index in [-0.39, 0.29) is 21.7 Å². The SMILES string of the molecule is CC1(C)c2cc(-c3ccccc3)ccc2-c2ccc(-c3cccc(-c4ccc5c(c4)C(C)(C)c4cc(-c6ccc7c(c6)C(C)(C)c6cc(-c8cccc(-c9ccc%10c(c9)C(C)(C)c9cc(-c%11ccccc%11)ccc9-%10)c8)ccc6-7)ccc4-5)c3)cc21. The van der Waals surface area contributed by atoms with Crippen molar-refractivity contribution in [3.8, 4) is 122 Å². The minimum atomic E-state index is -0.175. The Morgan fingerprint density at radius 2 is 0.298 bits per heavy atom. The van der Waals surface area contributed by atoms with Crippen molar-refractivity contribution in [3.05, 3.63) is 299 Å². The summed E-state index contributed by atoms with van der Waals surface area (Å²) in [6.07, 6.45) is 0. The van der Waals surface area contributed by atoms with Crippen LogP contribution in [0.1, 0.15) is 99.9 Å². The second-order valence-corrected chi connectivity index (χ2v) is 26.5. The Bertz CT molecular complexity index is 4440. The highest BCUT2D eigenvalue weighted by Crippen LogP contribution is 2.56. The second-order valence-electron chi connectivity index (χ2n) is 26.5. The quantitative estimate of drug-likeness (QED) is 0.149. The smallest absolute Gasteiger partial charge is 0.0159 e. The molecule has 12 aromatic carbocycles. The molecule has 0 nitrogen and oxygen atoms in total. The van der Waals surface area contributed by atoms with Gasteiger partial charge < -0.3 is 0 Å². The molecule has 402 valence electrons. The Labute approximate surface area is 495 Å². The van der Waals surface area contributed by atoms with Gasteiger partial charge in [-0.15, -0.1) is 0 Å². The first kappa shape index (κ1) is 50.4. The molecule has 0 aromatic heterocycles. The molecule has 0 heteroatoms. The van der Waals surface area contributed by atoms with Gasteiger partial charge in [0.05, 0.1) is 0 Å². The average molecular weight is 1080 g/mol. The zero-order valence-corrected chi connectivity index (χ0v) is 49.2. The first-order chi connectivity index (χ1) is 40.6. The Morgan fingerprint density at radius 1 is 0.143 bits per heavy atom. The number of hydrogen-bond donors (Lipinski definition) is 0. The van der Waals surface area contributed by atoms with Gasteiger partial charge >= 0.3 is 0 Å². The summed E-state index contributed by atoms with van der Waals surface area (Å²) in [5.74, 6) is 0. The zero-order valence-electron chi connectivity index (χ0n) is 49.2. The fraction of sp³-hybridized carbons (Fsp3) is 0.143. The first-order valence-electron chi connectivity index (χ1n) is 30.1. The van der Waals surface area contributed by atoms with E-state index < -0.39 is 0 Å². The fourth-order valence-electron chi connectivity index (χ4n) is 15.4. The van der Waals surface area contributed by atoms with Gasteiger partial charge in [-0.1, -0.05) is 250 Å². The largest absolute Gasteiger partial charge is 0.0622 e. The Morgan fingerprint density at radius 3 is 0.488 bits per heavy atom. The van der Waals surface area contributed by atoms with Crippen LogP contribution in [0, 0.1) is 0 Å². The van der Waals surface area contributed by atoms with Crippen LogP contribution < -0.4 is 0 Å². The molecule has 0 unspecified atom stereocenters. The number of hydrogen-bond acceptors (Lipinski definition) is 0. The Kier molecular flexibility index (Phi) is 10.8. The highest BCUT2D eigenvalue weighted by atomic mass is 14.4. The van der Waals surface area contributed by atoms with E-state index in [0.717, 1.165) is 0 Å². The van der Waals surface area contributed by atoms with E-state index in [1.54, 1.807) is 0 Å². The van der Waals surface area contributed by atoms with Gasteiger partial charge in [-0.05, 0) is 228 Å². The van der Waals surface area contributed by atoms with Gasteiger partial charge in [0.1, 0.15) is 0 Å². The van der Waals surface area contributed by atoms with Crippen LogP contribution in [-0.4, -0.2) is 0 Å². The minimum Gasteiger partial charge on any atom is -0.0622 e. The molecule has 0 saturated carbocycles. The third kappa shape index (κ3) is 7.52. The molecule has 0 aliphatic heterocycles. The maximum Gasteiger partial charge on any atom is 0.0159 e. The molecule has 0 fully saturated rings. The lowest BCUT2D eigenvalue weighted by Crippen LogP contribution is -2.15. The first-order valence-corrected chi connectivity index (χ1v) is 30.1. The molecule has 0 atom stereocenters.